The molecule has 1 heteroatoms. The van der Waals surface area contributed by atoms with Crippen molar-refractivity contribution in [3.05, 3.63) is 0 Å². The molecular formula is C20H35N. The standard InChI is InChI=1S/C20H35N/c1-3-8-17(4-2)15-20(16-21)13-11-19(12-14-20)18-9-6-5-7-10-18/h17-19H,3-15H2,1-2H3. The highest BCUT2D eigenvalue weighted by Crippen LogP contribution is 2.48. The Hall–Kier alpha value is -0.510. The van der Waals surface area contributed by atoms with Gasteiger partial charge >= 0.3 is 0 Å². The van der Waals surface area contributed by atoms with Crippen LogP contribution in [0.2, 0.25) is 0 Å². The number of nitriles is 1. The molecule has 2 aliphatic rings. The zero-order valence-corrected chi connectivity index (χ0v) is 14.4. The zero-order valence-electron chi connectivity index (χ0n) is 14.4. The molecule has 0 aromatic heterocycles. The van der Waals surface area contributed by atoms with Gasteiger partial charge in [0.1, 0.15) is 0 Å². The van der Waals surface area contributed by atoms with E-state index < -0.39 is 0 Å². The van der Waals surface area contributed by atoms with Gasteiger partial charge in [-0.3, -0.25) is 0 Å². The maximum absolute atomic E-state index is 9.80. The van der Waals surface area contributed by atoms with Gasteiger partial charge < -0.3 is 0 Å². The van der Waals surface area contributed by atoms with Crippen molar-refractivity contribution in [2.24, 2.45) is 23.2 Å². The summed E-state index contributed by atoms with van der Waals surface area (Å²) in [6.45, 7) is 4.58. The molecule has 21 heavy (non-hydrogen) atoms. The zero-order chi connectivity index (χ0) is 15.1. The number of rotatable bonds is 6. The SMILES string of the molecule is CCCC(CC)CC1(C#N)CCC(C2CCCCC2)CC1. The van der Waals surface area contributed by atoms with Crippen LogP contribution in [0.25, 0.3) is 0 Å². The summed E-state index contributed by atoms with van der Waals surface area (Å²) in [5.41, 5.74) is 0.0288. The normalized spacial score (nSPS) is 32.5. The minimum atomic E-state index is 0.0288. The van der Waals surface area contributed by atoms with Gasteiger partial charge in [0.15, 0.2) is 0 Å². The molecule has 0 spiro atoms. The minimum Gasteiger partial charge on any atom is -0.198 e. The van der Waals surface area contributed by atoms with E-state index in [9.17, 15) is 5.26 Å². The van der Waals surface area contributed by atoms with E-state index in [4.69, 9.17) is 0 Å². The lowest BCUT2D eigenvalue weighted by molar-refractivity contribution is 0.116. The van der Waals surface area contributed by atoms with Gasteiger partial charge in [-0.25, -0.2) is 0 Å². The highest BCUT2D eigenvalue weighted by atomic mass is 14.4. The summed E-state index contributed by atoms with van der Waals surface area (Å²) in [4.78, 5) is 0. The fourth-order valence-electron chi connectivity index (χ4n) is 5.04. The summed E-state index contributed by atoms with van der Waals surface area (Å²) >= 11 is 0. The van der Waals surface area contributed by atoms with Crippen LogP contribution in [0.1, 0.15) is 97.3 Å². The minimum absolute atomic E-state index is 0.0288. The summed E-state index contributed by atoms with van der Waals surface area (Å²) < 4.78 is 0. The van der Waals surface area contributed by atoms with Crippen molar-refractivity contribution in [3.63, 3.8) is 0 Å². The molecule has 0 heterocycles. The molecule has 0 aromatic carbocycles. The average molecular weight is 290 g/mol. The van der Waals surface area contributed by atoms with Crippen LogP contribution in [-0.4, -0.2) is 0 Å². The Bertz CT molecular complexity index is 326. The number of hydrogen-bond donors (Lipinski definition) is 0. The molecule has 2 saturated carbocycles. The fourth-order valence-corrected chi connectivity index (χ4v) is 5.04. The second-order valence-corrected chi connectivity index (χ2v) is 7.89. The second-order valence-electron chi connectivity index (χ2n) is 7.89. The van der Waals surface area contributed by atoms with E-state index in [0.717, 1.165) is 17.8 Å². The monoisotopic (exact) mass is 289 g/mol. The van der Waals surface area contributed by atoms with Gasteiger partial charge in [0, 0.05) is 0 Å². The van der Waals surface area contributed by atoms with E-state index in [1.165, 1.54) is 83.5 Å². The first-order valence-electron chi connectivity index (χ1n) is 9.64. The first-order valence-corrected chi connectivity index (χ1v) is 9.64. The Balaban J connectivity index is 1.88. The highest BCUT2D eigenvalue weighted by Gasteiger charge is 2.39. The Morgan fingerprint density at radius 3 is 2.14 bits per heavy atom. The van der Waals surface area contributed by atoms with Crippen molar-refractivity contribution in [2.75, 3.05) is 0 Å². The molecule has 1 unspecified atom stereocenters. The van der Waals surface area contributed by atoms with E-state index in [2.05, 4.69) is 19.9 Å². The molecule has 2 fully saturated rings. The van der Waals surface area contributed by atoms with Crippen LogP contribution in [0, 0.1) is 34.5 Å². The number of nitrogens with zero attached hydrogens (tertiary/aromatic N) is 1. The molecule has 120 valence electrons. The highest BCUT2D eigenvalue weighted by molar-refractivity contribution is 5.03. The summed E-state index contributed by atoms with van der Waals surface area (Å²) in [6.07, 6.45) is 17.4. The smallest absolute Gasteiger partial charge is 0.0689 e. The van der Waals surface area contributed by atoms with Crippen molar-refractivity contribution < 1.29 is 0 Å². The summed E-state index contributed by atoms with van der Waals surface area (Å²) in [5.74, 6) is 2.71. The lowest BCUT2D eigenvalue weighted by Gasteiger charge is -2.41. The summed E-state index contributed by atoms with van der Waals surface area (Å²) in [7, 11) is 0. The lowest BCUT2D eigenvalue weighted by Crippen LogP contribution is -2.31. The van der Waals surface area contributed by atoms with Crippen LogP contribution in [0.15, 0.2) is 0 Å². The van der Waals surface area contributed by atoms with Gasteiger partial charge in [-0.15, -0.1) is 0 Å². The van der Waals surface area contributed by atoms with Gasteiger partial charge in [-0.1, -0.05) is 65.2 Å². The van der Waals surface area contributed by atoms with Crippen LogP contribution >= 0.6 is 0 Å². The third-order valence-corrected chi connectivity index (χ3v) is 6.49. The van der Waals surface area contributed by atoms with Crippen LogP contribution < -0.4 is 0 Å². The largest absolute Gasteiger partial charge is 0.198 e. The van der Waals surface area contributed by atoms with Gasteiger partial charge in [0.05, 0.1) is 11.5 Å². The van der Waals surface area contributed by atoms with Crippen molar-refractivity contribution in [3.8, 4) is 6.07 Å². The van der Waals surface area contributed by atoms with Crippen molar-refractivity contribution >= 4 is 0 Å². The topological polar surface area (TPSA) is 23.8 Å². The van der Waals surface area contributed by atoms with Crippen molar-refractivity contribution in [1.29, 1.82) is 5.26 Å². The maximum Gasteiger partial charge on any atom is 0.0689 e. The molecule has 0 aromatic rings. The molecule has 0 aliphatic heterocycles. The van der Waals surface area contributed by atoms with E-state index >= 15 is 0 Å². The Morgan fingerprint density at radius 2 is 1.62 bits per heavy atom. The molecule has 0 bridgehead atoms. The molecule has 0 saturated heterocycles. The molecule has 0 N–H and O–H groups in total. The van der Waals surface area contributed by atoms with Crippen LogP contribution in [0.3, 0.4) is 0 Å². The Kier molecular flexibility index (Phi) is 6.59. The van der Waals surface area contributed by atoms with Crippen LogP contribution in [-0.2, 0) is 0 Å². The molecule has 1 nitrogen and oxygen atoms in total. The molecular weight excluding hydrogens is 254 g/mol. The quantitative estimate of drug-likeness (QED) is 0.548. The van der Waals surface area contributed by atoms with Crippen molar-refractivity contribution in [1.82, 2.24) is 0 Å². The lowest BCUT2D eigenvalue weighted by atomic mass is 9.63. The fraction of sp³-hybridized carbons (Fsp3) is 0.950. The maximum atomic E-state index is 9.80. The first kappa shape index (κ1) is 16.9. The second kappa shape index (κ2) is 8.21. The molecule has 1 atom stereocenters. The summed E-state index contributed by atoms with van der Waals surface area (Å²) in [6, 6.07) is 2.76. The van der Waals surface area contributed by atoms with Gasteiger partial charge in [0.2, 0.25) is 0 Å². The van der Waals surface area contributed by atoms with E-state index in [1.54, 1.807) is 0 Å². The van der Waals surface area contributed by atoms with Crippen molar-refractivity contribution in [2.45, 2.75) is 97.3 Å². The Labute approximate surface area is 132 Å². The predicted octanol–water partition coefficient (Wildman–Crippen LogP) is 6.48. The summed E-state index contributed by atoms with van der Waals surface area (Å²) in [5, 5.41) is 9.80. The van der Waals surface area contributed by atoms with E-state index in [0.29, 0.717) is 0 Å². The van der Waals surface area contributed by atoms with E-state index in [-0.39, 0.29) is 5.41 Å². The predicted molar refractivity (Wildman–Crippen MR) is 89.9 cm³/mol. The number of hydrogen-bond acceptors (Lipinski definition) is 1. The van der Waals surface area contributed by atoms with E-state index in [1.807, 2.05) is 0 Å². The first-order chi connectivity index (χ1) is 10.2. The molecule has 2 aliphatic carbocycles. The molecule has 0 radical (unpaired) electrons. The third kappa shape index (κ3) is 4.48. The average Bonchev–Trinajstić information content (AvgIpc) is 2.56. The molecule has 2 rings (SSSR count). The van der Waals surface area contributed by atoms with Crippen LogP contribution in [0.5, 0.6) is 0 Å². The van der Waals surface area contributed by atoms with Crippen LogP contribution in [0.4, 0.5) is 0 Å². The molecule has 0 amide bonds. The van der Waals surface area contributed by atoms with Gasteiger partial charge in [-0.2, -0.15) is 5.26 Å². The van der Waals surface area contributed by atoms with Gasteiger partial charge in [-0.05, 0) is 49.9 Å². The Morgan fingerprint density at radius 1 is 1.00 bits per heavy atom. The third-order valence-electron chi connectivity index (χ3n) is 6.49. The van der Waals surface area contributed by atoms with Gasteiger partial charge in [0.25, 0.3) is 0 Å².